The Morgan fingerprint density at radius 2 is 1.93 bits per heavy atom. The Balaban J connectivity index is 1.33. The van der Waals surface area contributed by atoms with Crippen LogP contribution in [0.15, 0.2) is 24.3 Å². The molecule has 4 rings (SSSR count). The highest BCUT2D eigenvalue weighted by Crippen LogP contribution is 2.30. The highest BCUT2D eigenvalue weighted by atomic mass is 16.5. The summed E-state index contributed by atoms with van der Waals surface area (Å²) in [5.74, 6) is 0.0373. The third-order valence-corrected chi connectivity index (χ3v) is 6.60. The summed E-state index contributed by atoms with van der Waals surface area (Å²) in [5, 5.41) is 11.2. The number of aliphatic hydroxyl groups is 1. The summed E-state index contributed by atoms with van der Waals surface area (Å²) < 4.78 is 11.0. The second-order valence-electron chi connectivity index (χ2n) is 8.74. The minimum Gasteiger partial charge on any atom is -0.388 e. The van der Waals surface area contributed by atoms with E-state index in [0.29, 0.717) is 19.7 Å². The Labute approximate surface area is 173 Å². The lowest BCUT2D eigenvalue weighted by Gasteiger charge is -2.41. The van der Waals surface area contributed by atoms with E-state index in [1.54, 1.807) is 7.11 Å². The van der Waals surface area contributed by atoms with Gasteiger partial charge in [0.05, 0.1) is 24.4 Å². The first-order valence-corrected chi connectivity index (χ1v) is 10.6. The number of rotatable bonds is 6. The minimum atomic E-state index is -0.684. The topological polar surface area (TPSA) is 65.5 Å². The lowest BCUT2D eigenvalue weighted by Crippen LogP contribution is -2.55. The predicted octanol–water partition coefficient (Wildman–Crippen LogP) is 0.884. The Bertz CT molecular complexity index is 703. The van der Waals surface area contributed by atoms with E-state index in [4.69, 9.17) is 9.47 Å². The molecule has 3 saturated heterocycles. The highest BCUT2D eigenvalue weighted by Gasteiger charge is 2.45. The number of nitrogens with zero attached hydrogens (tertiary/aromatic N) is 3. The van der Waals surface area contributed by atoms with Crippen molar-refractivity contribution < 1.29 is 19.4 Å². The molecule has 2 atom stereocenters. The molecule has 3 aliphatic rings. The summed E-state index contributed by atoms with van der Waals surface area (Å²) >= 11 is 0. The maximum absolute atomic E-state index is 12.3. The predicted molar refractivity (Wildman–Crippen MR) is 111 cm³/mol. The van der Waals surface area contributed by atoms with Crippen LogP contribution in [0, 0.1) is 6.92 Å². The first kappa shape index (κ1) is 20.6. The van der Waals surface area contributed by atoms with Crippen LogP contribution in [0.4, 0.5) is 5.69 Å². The molecule has 7 heteroatoms. The fraction of sp³-hybridized carbons (Fsp3) is 0.682. The van der Waals surface area contributed by atoms with Crippen molar-refractivity contribution in [2.45, 2.75) is 37.5 Å². The van der Waals surface area contributed by atoms with Crippen molar-refractivity contribution in [3.63, 3.8) is 0 Å². The molecule has 0 bridgehead atoms. The van der Waals surface area contributed by atoms with Gasteiger partial charge in [-0.2, -0.15) is 0 Å². The maximum atomic E-state index is 12.3. The van der Waals surface area contributed by atoms with Crippen LogP contribution in [0.5, 0.6) is 0 Å². The van der Waals surface area contributed by atoms with Gasteiger partial charge in [0.1, 0.15) is 6.61 Å². The first-order chi connectivity index (χ1) is 14.0. The molecule has 0 aromatic heterocycles. The Hall–Kier alpha value is -1.67. The molecular formula is C22H33N3O4. The van der Waals surface area contributed by atoms with Gasteiger partial charge in [-0.05, 0) is 31.9 Å². The quantitative estimate of drug-likeness (QED) is 0.761. The van der Waals surface area contributed by atoms with E-state index in [2.05, 4.69) is 41.0 Å². The smallest absolute Gasteiger partial charge is 0.249 e. The number of hydrogen-bond donors (Lipinski definition) is 1. The number of piperidine rings is 1. The summed E-state index contributed by atoms with van der Waals surface area (Å²) in [4.78, 5) is 18.8. The summed E-state index contributed by atoms with van der Waals surface area (Å²) in [6, 6.07) is 8.65. The summed E-state index contributed by atoms with van der Waals surface area (Å²) in [7, 11) is 1.65. The summed E-state index contributed by atoms with van der Waals surface area (Å²) in [5.41, 5.74) is 1.80. The number of morpholine rings is 1. The SMILES string of the molecule is COCCN1C(=O)CO[C@H]2CN(CC3(O)CCN(c4ccc(C)cc4)CC3)C[C@@H]21. The summed E-state index contributed by atoms with van der Waals surface area (Å²) in [6.45, 7) is 7.25. The van der Waals surface area contributed by atoms with Crippen LogP contribution < -0.4 is 4.90 Å². The molecule has 3 aliphatic heterocycles. The molecule has 0 unspecified atom stereocenters. The average Bonchev–Trinajstić information content (AvgIpc) is 3.10. The van der Waals surface area contributed by atoms with E-state index in [-0.39, 0.29) is 24.7 Å². The van der Waals surface area contributed by atoms with E-state index in [0.717, 1.165) is 39.0 Å². The fourth-order valence-corrected chi connectivity index (χ4v) is 4.86. The van der Waals surface area contributed by atoms with Crippen LogP contribution >= 0.6 is 0 Å². The first-order valence-electron chi connectivity index (χ1n) is 10.6. The molecule has 0 radical (unpaired) electrons. The van der Waals surface area contributed by atoms with Crippen molar-refractivity contribution in [3.05, 3.63) is 29.8 Å². The van der Waals surface area contributed by atoms with Crippen molar-refractivity contribution in [1.82, 2.24) is 9.80 Å². The van der Waals surface area contributed by atoms with Crippen LogP contribution in [0.25, 0.3) is 0 Å². The second-order valence-corrected chi connectivity index (χ2v) is 8.74. The van der Waals surface area contributed by atoms with Gasteiger partial charge in [0.15, 0.2) is 0 Å². The second kappa shape index (κ2) is 8.60. The Morgan fingerprint density at radius 3 is 2.62 bits per heavy atom. The maximum Gasteiger partial charge on any atom is 0.249 e. The third kappa shape index (κ3) is 4.58. The molecule has 1 aromatic rings. The average molecular weight is 404 g/mol. The Kier molecular flexibility index (Phi) is 6.11. The molecule has 0 saturated carbocycles. The van der Waals surface area contributed by atoms with Gasteiger partial charge < -0.3 is 24.4 Å². The van der Waals surface area contributed by atoms with Gasteiger partial charge >= 0.3 is 0 Å². The van der Waals surface area contributed by atoms with Crippen LogP contribution in [0.1, 0.15) is 18.4 Å². The minimum absolute atomic E-state index is 0.0285. The molecule has 0 spiro atoms. The number of β-amino-alcohol motifs (C(OH)–C–C–N with tert-alkyl or cyclic N) is 1. The van der Waals surface area contributed by atoms with Crippen molar-refractivity contribution >= 4 is 11.6 Å². The lowest BCUT2D eigenvalue weighted by molar-refractivity contribution is -0.153. The highest BCUT2D eigenvalue weighted by molar-refractivity contribution is 5.78. The van der Waals surface area contributed by atoms with E-state index >= 15 is 0 Å². The number of hydrogen-bond acceptors (Lipinski definition) is 6. The van der Waals surface area contributed by atoms with Crippen molar-refractivity contribution in [1.29, 1.82) is 0 Å². The van der Waals surface area contributed by atoms with Gasteiger partial charge in [-0.1, -0.05) is 17.7 Å². The van der Waals surface area contributed by atoms with Crippen molar-refractivity contribution in [2.24, 2.45) is 0 Å². The lowest BCUT2D eigenvalue weighted by atomic mass is 9.90. The number of aryl methyl sites for hydroxylation is 1. The van der Waals surface area contributed by atoms with Crippen LogP contribution in [-0.4, -0.2) is 98.2 Å². The van der Waals surface area contributed by atoms with Crippen molar-refractivity contribution in [3.8, 4) is 0 Å². The van der Waals surface area contributed by atoms with E-state index in [9.17, 15) is 9.90 Å². The molecule has 1 aromatic carbocycles. The Morgan fingerprint density at radius 1 is 1.21 bits per heavy atom. The fourth-order valence-electron chi connectivity index (χ4n) is 4.86. The van der Waals surface area contributed by atoms with Gasteiger partial charge in [0.2, 0.25) is 5.91 Å². The van der Waals surface area contributed by atoms with Gasteiger partial charge in [-0.25, -0.2) is 0 Å². The normalized spacial score (nSPS) is 27.3. The number of amides is 1. The van der Waals surface area contributed by atoms with Gasteiger partial charge in [0.25, 0.3) is 0 Å². The van der Waals surface area contributed by atoms with Gasteiger partial charge in [-0.3, -0.25) is 9.69 Å². The standard InChI is InChI=1S/C22H33N3O4/c1-17-3-5-18(6-4-17)24-9-7-22(27,8-10-24)16-23-13-19-20(14-23)29-15-21(26)25(19)11-12-28-2/h3-6,19-20,27H,7-16H2,1-2H3/t19-,20-/m0/s1. The van der Waals surface area contributed by atoms with Gasteiger partial charge in [0, 0.05) is 52.1 Å². The molecular weight excluding hydrogens is 370 g/mol. The number of benzene rings is 1. The molecule has 1 N–H and O–H groups in total. The molecule has 3 heterocycles. The largest absolute Gasteiger partial charge is 0.388 e. The molecule has 160 valence electrons. The number of anilines is 1. The number of fused-ring (bicyclic) bond motifs is 1. The van der Waals surface area contributed by atoms with E-state index in [1.165, 1.54) is 11.3 Å². The molecule has 0 aliphatic carbocycles. The summed E-state index contributed by atoms with van der Waals surface area (Å²) in [6.07, 6.45) is 1.53. The zero-order valence-corrected chi connectivity index (χ0v) is 17.5. The number of carbonyl (C=O) groups excluding carboxylic acids is 1. The number of methoxy groups -OCH3 is 1. The number of carbonyl (C=O) groups is 1. The van der Waals surface area contributed by atoms with Crippen LogP contribution in [0.3, 0.4) is 0 Å². The molecule has 1 amide bonds. The van der Waals surface area contributed by atoms with Crippen molar-refractivity contribution in [2.75, 3.05) is 64.5 Å². The molecule has 29 heavy (non-hydrogen) atoms. The number of ether oxygens (including phenoxy) is 2. The molecule has 7 nitrogen and oxygen atoms in total. The third-order valence-electron chi connectivity index (χ3n) is 6.60. The van der Waals surface area contributed by atoms with E-state index in [1.807, 2.05) is 4.90 Å². The zero-order chi connectivity index (χ0) is 20.4. The van der Waals surface area contributed by atoms with Crippen LogP contribution in [0.2, 0.25) is 0 Å². The molecule has 3 fully saturated rings. The monoisotopic (exact) mass is 403 g/mol. The zero-order valence-electron chi connectivity index (χ0n) is 17.5. The van der Waals surface area contributed by atoms with Gasteiger partial charge in [-0.15, -0.1) is 0 Å². The van der Waals surface area contributed by atoms with Crippen LogP contribution in [-0.2, 0) is 14.3 Å². The van der Waals surface area contributed by atoms with E-state index < -0.39 is 5.60 Å². The number of likely N-dealkylation sites (tertiary alicyclic amines) is 1.